The van der Waals surface area contributed by atoms with Crippen LogP contribution in [-0.4, -0.2) is 61.5 Å². The Balaban J connectivity index is 1.70. The first kappa shape index (κ1) is 17.7. The van der Waals surface area contributed by atoms with E-state index in [0.29, 0.717) is 31.8 Å². The molecule has 0 bridgehead atoms. The Morgan fingerprint density at radius 1 is 1.18 bits per heavy atom. The lowest BCUT2D eigenvalue weighted by Crippen LogP contribution is -2.42. The van der Waals surface area contributed by atoms with Gasteiger partial charge in [0.15, 0.2) is 0 Å². The van der Waals surface area contributed by atoms with Crippen molar-refractivity contribution in [2.45, 2.75) is 51.5 Å². The maximum Gasteiger partial charge on any atom is 0.222 e. The van der Waals surface area contributed by atoms with E-state index in [-0.39, 0.29) is 17.7 Å². The number of rotatable bonds is 6. The zero-order valence-corrected chi connectivity index (χ0v) is 14.4. The molecule has 2 fully saturated rings. The number of amides is 1. The number of carbonyl (C=O) groups excluding carboxylic acids is 1. The number of hydrogen-bond acceptors (Lipinski definition) is 4. The van der Waals surface area contributed by atoms with Crippen LogP contribution in [0.5, 0.6) is 0 Å². The van der Waals surface area contributed by atoms with Crippen LogP contribution in [-0.2, 0) is 14.8 Å². The fraction of sp³-hybridized carbons (Fsp3) is 0.933. The molecule has 22 heavy (non-hydrogen) atoms. The standard InChI is InChI=1S/C15H29N3O3S/c1-13(16)14-6-10-17(11-7-14)15(19)5-4-12-22(20,21)18-8-2-3-9-18/h13-14H,2-12,16H2,1H3. The highest BCUT2D eigenvalue weighted by Gasteiger charge is 2.27. The van der Waals surface area contributed by atoms with Gasteiger partial charge in [0.25, 0.3) is 0 Å². The van der Waals surface area contributed by atoms with Crippen molar-refractivity contribution in [3.8, 4) is 0 Å². The SMILES string of the molecule is CC(N)C1CCN(C(=O)CCCS(=O)(=O)N2CCCC2)CC1. The van der Waals surface area contributed by atoms with Crippen LogP contribution in [0, 0.1) is 5.92 Å². The van der Waals surface area contributed by atoms with Crippen molar-refractivity contribution in [3.05, 3.63) is 0 Å². The molecule has 1 unspecified atom stereocenters. The predicted octanol–water partition coefficient (Wildman–Crippen LogP) is 0.778. The highest BCUT2D eigenvalue weighted by Crippen LogP contribution is 2.20. The van der Waals surface area contributed by atoms with Gasteiger partial charge < -0.3 is 10.6 Å². The number of carbonyl (C=O) groups is 1. The lowest BCUT2D eigenvalue weighted by molar-refractivity contribution is -0.132. The number of sulfonamides is 1. The average Bonchev–Trinajstić information content (AvgIpc) is 3.02. The fourth-order valence-corrected chi connectivity index (χ4v) is 4.92. The number of nitrogens with two attached hydrogens (primary N) is 1. The van der Waals surface area contributed by atoms with Crippen LogP contribution in [0.1, 0.15) is 45.4 Å². The quantitative estimate of drug-likeness (QED) is 0.779. The molecule has 0 aliphatic carbocycles. The van der Waals surface area contributed by atoms with E-state index in [0.717, 1.165) is 38.8 Å². The third-order valence-electron chi connectivity index (χ3n) is 4.89. The van der Waals surface area contributed by atoms with Gasteiger partial charge in [-0.1, -0.05) is 0 Å². The maximum absolute atomic E-state index is 12.2. The summed E-state index contributed by atoms with van der Waals surface area (Å²) >= 11 is 0. The summed E-state index contributed by atoms with van der Waals surface area (Å²) in [6.45, 7) is 4.81. The zero-order valence-electron chi connectivity index (χ0n) is 13.5. The minimum atomic E-state index is -3.16. The molecule has 2 aliphatic heterocycles. The van der Waals surface area contributed by atoms with E-state index in [1.807, 2.05) is 11.8 Å². The molecule has 6 nitrogen and oxygen atoms in total. The van der Waals surface area contributed by atoms with E-state index < -0.39 is 10.0 Å². The van der Waals surface area contributed by atoms with Gasteiger partial charge in [-0.15, -0.1) is 0 Å². The van der Waals surface area contributed by atoms with Crippen LogP contribution in [0.2, 0.25) is 0 Å². The molecule has 0 radical (unpaired) electrons. The van der Waals surface area contributed by atoms with Crippen molar-refractivity contribution < 1.29 is 13.2 Å². The molecule has 2 rings (SSSR count). The molecule has 128 valence electrons. The third-order valence-corrected chi connectivity index (χ3v) is 6.84. The largest absolute Gasteiger partial charge is 0.343 e. The normalized spacial score (nSPS) is 22.9. The van der Waals surface area contributed by atoms with Gasteiger partial charge in [-0.3, -0.25) is 4.79 Å². The molecule has 0 aromatic heterocycles. The van der Waals surface area contributed by atoms with Gasteiger partial charge in [0.05, 0.1) is 5.75 Å². The van der Waals surface area contributed by atoms with Gasteiger partial charge in [-0.2, -0.15) is 0 Å². The van der Waals surface area contributed by atoms with Crippen molar-refractivity contribution in [2.24, 2.45) is 11.7 Å². The van der Waals surface area contributed by atoms with Crippen LogP contribution < -0.4 is 5.73 Å². The highest BCUT2D eigenvalue weighted by molar-refractivity contribution is 7.89. The molecule has 0 spiro atoms. The summed E-state index contributed by atoms with van der Waals surface area (Å²) in [7, 11) is -3.16. The van der Waals surface area contributed by atoms with Crippen molar-refractivity contribution in [1.29, 1.82) is 0 Å². The van der Waals surface area contributed by atoms with Gasteiger partial charge in [0, 0.05) is 38.6 Å². The first-order valence-corrected chi connectivity index (χ1v) is 10.0. The Morgan fingerprint density at radius 3 is 2.32 bits per heavy atom. The number of likely N-dealkylation sites (tertiary alicyclic amines) is 1. The Morgan fingerprint density at radius 2 is 1.77 bits per heavy atom. The number of nitrogens with zero attached hydrogens (tertiary/aromatic N) is 2. The lowest BCUT2D eigenvalue weighted by atomic mass is 9.91. The van der Waals surface area contributed by atoms with E-state index in [2.05, 4.69) is 0 Å². The maximum atomic E-state index is 12.2. The molecular weight excluding hydrogens is 302 g/mol. The van der Waals surface area contributed by atoms with Gasteiger partial charge in [-0.05, 0) is 44.9 Å². The second-order valence-corrected chi connectivity index (χ2v) is 8.69. The third kappa shape index (κ3) is 4.67. The van der Waals surface area contributed by atoms with Crippen LogP contribution in [0.15, 0.2) is 0 Å². The highest BCUT2D eigenvalue weighted by atomic mass is 32.2. The summed E-state index contributed by atoms with van der Waals surface area (Å²) in [5.74, 6) is 0.675. The van der Waals surface area contributed by atoms with Gasteiger partial charge >= 0.3 is 0 Å². The van der Waals surface area contributed by atoms with E-state index in [4.69, 9.17) is 5.73 Å². The summed E-state index contributed by atoms with van der Waals surface area (Å²) in [6, 6.07) is 0.183. The molecule has 1 atom stereocenters. The van der Waals surface area contributed by atoms with Crippen molar-refractivity contribution >= 4 is 15.9 Å². The summed E-state index contributed by atoms with van der Waals surface area (Å²) in [4.78, 5) is 14.0. The van der Waals surface area contributed by atoms with Gasteiger partial charge in [-0.25, -0.2) is 12.7 Å². The van der Waals surface area contributed by atoms with Crippen LogP contribution >= 0.6 is 0 Å². The lowest BCUT2D eigenvalue weighted by Gasteiger charge is -2.33. The van der Waals surface area contributed by atoms with Crippen molar-refractivity contribution in [3.63, 3.8) is 0 Å². The monoisotopic (exact) mass is 331 g/mol. The molecular formula is C15H29N3O3S. The first-order valence-electron chi connectivity index (χ1n) is 8.41. The summed E-state index contributed by atoms with van der Waals surface area (Å²) in [5, 5.41) is 0. The minimum absolute atomic E-state index is 0.0831. The summed E-state index contributed by atoms with van der Waals surface area (Å²) in [6.07, 6.45) is 4.56. The molecule has 2 heterocycles. The number of hydrogen-bond donors (Lipinski definition) is 1. The fourth-order valence-electron chi connectivity index (χ4n) is 3.33. The minimum Gasteiger partial charge on any atom is -0.343 e. The van der Waals surface area contributed by atoms with Crippen LogP contribution in [0.4, 0.5) is 0 Å². The van der Waals surface area contributed by atoms with E-state index in [9.17, 15) is 13.2 Å². The van der Waals surface area contributed by atoms with E-state index >= 15 is 0 Å². The topological polar surface area (TPSA) is 83.7 Å². The van der Waals surface area contributed by atoms with Gasteiger partial charge in [0.2, 0.25) is 15.9 Å². The van der Waals surface area contributed by atoms with Crippen LogP contribution in [0.25, 0.3) is 0 Å². The second kappa shape index (κ2) is 7.75. The molecule has 0 aromatic carbocycles. The first-order chi connectivity index (χ1) is 10.4. The van der Waals surface area contributed by atoms with Crippen molar-refractivity contribution in [1.82, 2.24) is 9.21 Å². The predicted molar refractivity (Wildman–Crippen MR) is 86.8 cm³/mol. The molecule has 1 amide bonds. The Kier molecular flexibility index (Phi) is 6.23. The molecule has 2 saturated heterocycles. The molecule has 7 heteroatoms. The Bertz CT molecular complexity index is 464. The summed E-state index contributed by atoms with van der Waals surface area (Å²) in [5.41, 5.74) is 5.90. The molecule has 2 N–H and O–H groups in total. The average molecular weight is 331 g/mol. The van der Waals surface area contributed by atoms with E-state index in [1.165, 1.54) is 0 Å². The molecule has 0 saturated carbocycles. The second-order valence-electron chi connectivity index (χ2n) is 6.60. The van der Waals surface area contributed by atoms with E-state index in [1.54, 1.807) is 4.31 Å². The van der Waals surface area contributed by atoms with Crippen LogP contribution in [0.3, 0.4) is 0 Å². The Hall–Kier alpha value is -0.660. The smallest absolute Gasteiger partial charge is 0.222 e. The number of piperidine rings is 1. The zero-order chi connectivity index (χ0) is 16.2. The molecule has 0 aromatic rings. The molecule has 2 aliphatic rings. The Labute approximate surface area is 134 Å². The summed E-state index contributed by atoms with van der Waals surface area (Å²) < 4.78 is 25.8. The van der Waals surface area contributed by atoms with Crippen molar-refractivity contribution in [2.75, 3.05) is 31.9 Å². The van der Waals surface area contributed by atoms with Gasteiger partial charge in [0.1, 0.15) is 0 Å².